The van der Waals surface area contributed by atoms with Crippen LogP contribution in [0.25, 0.3) is 0 Å². The van der Waals surface area contributed by atoms with Crippen molar-refractivity contribution in [2.45, 2.75) is 105 Å². The smallest absolute Gasteiger partial charge is 0.312 e. The molecule has 1 N–H and O–H groups in total. The molecule has 5 aliphatic carbocycles. The molecule has 0 aromatic heterocycles. The second-order valence-corrected chi connectivity index (χ2v) is 13.6. The van der Waals surface area contributed by atoms with Gasteiger partial charge in [-0.05, 0) is 97.2 Å². The third-order valence-corrected chi connectivity index (χ3v) is 12.1. The van der Waals surface area contributed by atoms with Gasteiger partial charge in [-0.2, -0.15) is 0 Å². The Morgan fingerprint density at radius 3 is 2.41 bits per heavy atom. The number of carbonyl (C=O) groups excluding carboxylic acids is 1. The van der Waals surface area contributed by atoms with Gasteiger partial charge in [-0.3, -0.25) is 4.79 Å². The number of aliphatic hydroxyl groups excluding tert-OH is 1. The molecule has 0 spiro atoms. The third kappa shape index (κ3) is 2.78. The molecule has 32 heavy (non-hydrogen) atoms. The summed E-state index contributed by atoms with van der Waals surface area (Å²) >= 11 is 0. The maximum atomic E-state index is 13.2. The van der Waals surface area contributed by atoms with Crippen LogP contribution in [0.1, 0.15) is 98.8 Å². The highest BCUT2D eigenvalue weighted by atomic mass is 16.5. The maximum Gasteiger partial charge on any atom is 0.312 e. The Labute approximate surface area is 195 Å². The lowest BCUT2D eigenvalue weighted by Crippen LogP contribution is -2.62. The summed E-state index contributed by atoms with van der Waals surface area (Å²) in [5, 5.41) is 10.8. The first kappa shape index (κ1) is 22.9. The fraction of sp³-hybridized carbons (Fsp3) is 0.897. The van der Waals surface area contributed by atoms with E-state index in [4.69, 9.17) is 4.74 Å². The SMILES string of the molecule is COC(=O)C12CCCC(C)C1C1=CCC3C(C)(CCC4C(C)(C)C(O)CCC43C)C1CC2. The van der Waals surface area contributed by atoms with E-state index in [2.05, 4.69) is 40.7 Å². The first-order valence-corrected chi connectivity index (χ1v) is 13.5. The Morgan fingerprint density at radius 2 is 1.69 bits per heavy atom. The van der Waals surface area contributed by atoms with Gasteiger partial charge in [0.2, 0.25) is 0 Å². The van der Waals surface area contributed by atoms with Crippen molar-refractivity contribution in [3.8, 4) is 0 Å². The molecule has 0 aromatic carbocycles. The van der Waals surface area contributed by atoms with Crippen molar-refractivity contribution >= 4 is 5.97 Å². The molecule has 9 unspecified atom stereocenters. The van der Waals surface area contributed by atoms with Crippen molar-refractivity contribution in [3.05, 3.63) is 11.6 Å². The van der Waals surface area contributed by atoms with E-state index in [1.165, 1.54) is 19.3 Å². The van der Waals surface area contributed by atoms with Crippen molar-refractivity contribution in [2.75, 3.05) is 7.11 Å². The van der Waals surface area contributed by atoms with Crippen LogP contribution in [0.3, 0.4) is 0 Å². The number of methoxy groups -OCH3 is 1. The number of rotatable bonds is 1. The normalized spacial score (nSPS) is 51.9. The molecule has 0 amide bonds. The largest absolute Gasteiger partial charge is 0.469 e. The molecule has 0 aromatic rings. The zero-order valence-electron chi connectivity index (χ0n) is 21.4. The van der Waals surface area contributed by atoms with Crippen molar-refractivity contribution in [1.29, 1.82) is 0 Å². The van der Waals surface area contributed by atoms with Crippen molar-refractivity contribution in [3.63, 3.8) is 0 Å². The lowest BCUT2D eigenvalue weighted by molar-refractivity contribution is -0.189. The van der Waals surface area contributed by atoms with Gasteiger partial charge in [0.05, 0.1) is 18.6 Å². The van der Waals surface area contributed by atoms with E-state index in [1.54, 1.807) is 12.7 Å². The Bertz CT molecular complexity index is 813. The Balaban J connectivity index is 1.55. The van der Waals surface area contributed by atoms with Crippen LogP contribution in [0.5, 0.6) is 0 Å². The van der Waals surface area contributed by atoms with Crippen LogP contribution < -0.4 is 0 Å². The number of esters is 1. The summed E-state index contributed by atoms with van der Waals surface area (Å²) in [5.74, 6) is 2.87. The van der Waals surface area contributed by atoms with Crippen LogP contribution in [0.4, 0.5) is 0 Å². The highest BCUT2D eigenvalue weighted by Gasteiger charge is 2.65. The van der Waals surface area contributed by atoms with Gasteiger partial charge < -0.3 is 9.84 Å². The number of carbonyl (C=O) groups is 1. The quantitative estimate of drug-likeness (QED) is 0.370. The summed E-state index contributed by atoms with van der Waals surface area (Å²) in [5.41, 5.74) is 1.96. The van der Waals surface area contributed by atoms with E-state index in [0.29, 0.717) is 40.4 Å². The average Bonchev–Trinajstić information content (AvgIpc) is 2.75. The summed E-state index contributed by atoms with van der Waals surface area (Å²) in [6.07, 6.45) is 13.7. The van der Waals surface area contributed by atoms with Gasteiger partial charge in [-0.1, -0.05) is 59.1 Å². The topological polar surface area (TPSA) is 46.5 Å². The number of allylic oxidation sites excluding steroid dienone is 2. The molecule has 9 atom stereocenters. The molecule has 0 radical (unpaired) electrons. The number of hydrogen-bond donors (Lipinski definition) is 1. The van der Waals surface area contributed by atoms with Gasteiger partial charge in [0.25, 0.3) is 0 Å². The lowest BCUT2D eigenvalue weighted by atomic mass is 9.37. The van der Waals surface area contributed by atoms with Crippen LogP contribution in [-0.4, -0.2) is 24.3 Å². The molecule has 180 valence electrons. The zero-order chi connectivity index (χ0) is 23.1. The fourth-order valence-corrected chi connectivity index (χ4v) is 10.6. The molecular weight excluding hydrogens is 396 g/mol. The molecule has 5 aliphatic rings. The molecular formula is C29H46O3. The monoisotopic (exact) mass is 442 g/mol. The number of ether oxygens (including phenoxy) is 1. The van der Waals surface area contributed by atoms with E-state index in [-0.39, 0.29) is 22.9 Å². The average molecular weight is 443 g/mol. The maximum absolute atomic E-state index is 13.2. The Morgan fingerprint density at radius 1 is 0.969 bits per heavy atom. The summed E-state index contributed by atoms with van der Waals surface area (Å²) in [7, 11) is 1.59. The zero-order valence-corrected chi connectivity index (χ0v) is 21.4. The van der Waals surface area contributed by atoms with Gasteiger partial charge >= 0.3 is 5.97 Å². The first-order chi connectivity index (χ1) is 15.0. The van der Waals surface area contributed by atoms with Crippen molar-refractivity contribution in [1.82, 2.24) is 0 Å². The molecule has 5 rings (SSSR count). The molecule has 0 aliphatic heterocycles. The van der Waals surface area contributed by atoms with Crippen molar-refractivity contribution < 1.29 is 14.6 Å². The Kier molecular flexibility index (Phi) is 5.26. The second-order valence-electron chi connectivity index (χ2n) is 13.6. The molecule has 0 bridgehead atoms. The minimum atomic E-state index is -0.282. The predicted molar refractivity (Wildman–Crippen MR) is 128 cm³/mol. The van der Waals surface area contributed by atoms with E-state index >= 15 is 0 Å². The van der Waals surface area contributed by atoms with Gasteiger partial charge in [0, 0.05) is 0 Å². The standard InChI is InChI=1S/C29H46O3/c1-18-8-7-14-29(25(31)32-6)17-11-20-19(24(18)29)9-10-22-27(20,4)15-12-21-26(2,3)23(30)13-16-28(21,22)5/h9,18,20-24,30H,7-8,10-17H2,1-6H3. The summed E-state index contributed by atoms with van der Waals surface area (Å²) in [4.78, 5) is 13.2. The minimum absolute atomic E-state index is 0.00279. The predicted octanol–water partition coefficient (Wildman–Crippen LogP) is 6.54. The van der Waals surface area contributed by atoms with Crippen LogP contribution in [-0.2, 0) is 9.53 Å². The molecule has 4 fully saturated rings. The number of aliphatic hydroxyl groups is 1. The van der Waals surface area contributed by atoms with Crippen LogP contribution in [0, 0.1) is 51.2 Å². The highest BCUT2D eigenvalue weighted by Crippen LogP contribution is 2.71. The summed E-state index contributed by atoms with van der Waals surface area (Å²) in [6, 6.07) is 0. The van der Waals surface area contributed by atoms with E-state index in [1.807, 2.05) is 0 Å². The van der Waals surface area contributed by atoms with Crippen LogP contribution in [0.15, 0.2) is 11.6 Å². The van der Waals surface area contributed by atoms with Crippen LogP contribution >= 0.6 is 0 Å². The van der Waals surface area contributed by atoms with Crippen molar-refractivity contribution in [2.24, 2.45) is 51.2 Å². The van der Waals surface area contributed by atoms with Gasteiger partial charge in [-0.25, -0.2) is 0 Å². The van der Waals surface area contributed by atoms with E-state index < -0.39 is 0 Å². The first-order valence-electron chi connectivity index (χ1n) is 13.5. The van der Waals surface area contributed by atoms with Gasteiger partial charge in [0.15, 0.2) is 0 Å². The highest BCUT2D eigenvalue weighted by molar-refractivity contribution is 5.78. The molecule has 3 nitrogen and oxygen atoms in total. The summed E-state index contributed by atoms with van der Waals surface area (Å²) in [6.45, 7) is 12.2. The molecule has 3 heteroatoms. The minimum Gasteiger partial charge on any atom is -0.469 e. The van der Waals surface area contributed by atoms with Crippen LogP contribution in [0.2, 0.25) is 0 Å². The van der Waals surface area contributed by atoms with Gasteiger partial charge in [0.1, 0.15) is 0 Å². The number of hydrogen-bond acceptors (Lipinski definition) is 3. The molecule has 0 heterocycles. The second kappa shape index (κ2) is 7.33. The summed E-state index contributed by atoms with van der Waals surface area (Å²) < 4.78 is 5.44. The van der Waals surface area contributed by atoms with E-state index in [0.717, 1.165) is 44.9 Å². The Hall–Kier alpha value is -0.830. The third-order valence-electron chi connectivity index (χ3n) is 12.1. The van der Waals surface area contributed by atoms with Gasteiger partial charge in [-0.15, -0.1) is 0 Å². The number of fused-ring (bicyclic) bond motifs is 7. The fourth-order valence-electron chi connectivity index (χ4n) is 10.6. The lowest BCUT2D eigenvalue weighted by Gasteiger charge is -2.68. The molecule has 4 saturated carbocycles. The van der Waals surface area contributed by atoms with E-state index in [9.17, 15) is 9.90 Å². The molecule has 0 saturated heterocycles.